The summed E-state index contributed by atoms with van der Waals surface area (Å²) < 4.78 is 13.5. The van der Waals surface area contributed by atoms with Crippen LogP contribution in [0.25, 0.3) is 0 Å². The van der Waals surface area contributed by atoms with Crippen molar-refractivity contribution in [2.75, 3.05) is 13.1 Å². The van der Waals surface area contributed by atoms with Gasteiger partial charge in [0, 0.05) is 25.5 Å². The van der Waals surface area contributed by atoms with E-state index in [1.54, 1.807) is 18.2 Å². The molecule has 0 fully saturated rings. The Morgan fingerprint density at radius 2 is 1.68 bits per heavy atom. The number of carbonyl (C=O) groups excluding carboxylic acids is 2. The van der Waals surface area contributed by atoms with Crippen molar-refractivity contribution in [2.45, 2.75) is 26.2 Å². The maximum atomic E-state index is 13.5. The molecule has 0 aliphatic carbocycles. The van der Waals surface area contributed by atoms with Crippen molar-refractivity contribution in [3.05, 3.63) is 65.2 Å². The van der Waals surface area contributed by atoms with Gasteiger partial charge in [0.1, 0.15) is 5.82 Å². The monoisotopic (exact) mass is 343 g/mol. The second-order valence-electron chi connectivity index (χ2n) is 5.67. The van der Waals surface area contributed by atoms with Crippen LogP contribution in [0.4, 0.5) is 4.39 Å². The van der Waals surface area contributed by atoms with E-state index in [1.807, 2.05) is 6.92 Å². The highest BCUT2D eigenvalue weighted by Gasteiger charge is 2.11. The van der Waals surface area contributed by atoms with E-state index >= 15 is 0 Å². The first-order valence-corrected chi connectivity index (χ1v) is 8.36. The van der Waals surface area contributed by atoms with Gasteiger partial charge >= 0.3 is 0 Å². The molecule has 1 heterocycles. The standard InChI is InChI=1S/C19H22FN3O2/c1-2-3-9-22-18(24)15-11-16(13-21-12-15)19(25)23-10-8-14-6-4-5-7-17(14)20/h4-7,11-13H,2-3,8-10H2,1H3,(H,22,24)(H,23,25). The molecule has 0 saturated carbocycles. The fourth-order valence-corrected chi connectivity index (χ4v) is 2.28. The molecule has 0 aliphatic heterocycles. The van der Waals surface area contributed by atoms with Crippen molar-refractivity contribution in [3.63, 3.8) is 0 Å². The lowest BCUT2D eigenvalue weighted by atomic mass is 10.1. The molecule has 1 aromatic heterocycles. The minimum absolute atomic E-state index is 0.248. The van der Waals surface area contributed by atoms with E-state index in [2.05, 4.69) is 15.6 Å². The highest BCUT2D eigenvalue weighted by atomic mass is 19.1. The van der Waals surface area contributed by atoms with Crippen LogP contribution in [0.5, 0.6) is 0 Å². The number of hydrogen-bond acceptors (Lipinski definition) is 3. The lowest BCUT2D eigenvalue weighted by molar-refractivity contribution is 0.0952. The molecule has 6 heteroatoms. The highest BCUT2D eigenvalue weighted by Crippen LogP contribution is 2.07. The molecule has 0 aliphatic rings. The number of unbranched alkanes of at least 4 members (excludes halogenated alkanes) is 1. The topological polar surface area (TPSA) is 71.1 Å². The van der Waals surface area contributed by atoms with Crippen molar-refractivity contribution in [3.8, 4) is 0 Å². The van der Waals surface area contributed by atoms with Gasteiger partial charge in [0.05, 0.1) is 11.1 Å². The molecular weight excluding hydrogens is 321 g/mol. The predicted octanol–water partition coefficient (Wildman–Crippen LogP) is 2.72. The van der Waals surface area contributed by atoms with Crippen LogP contribution in [0.2, 0.25) is 0 Å². The first-order valence-electron chi connectivity index (χ1n) is 8.36. The Morgan fingerprint density at radius 3 is 2.32 bits per heavy atom. The Labute approximate surface area is 146 Å². The van der Waals surface area contributed by atoms with Gasteiger partial charge in [-0.15, -0.1) is 0 Å². The molecule has 2 N–H and O–H groups in total. The Balaban J connectivity index is 1.90. The van der Waals surface area contributed by atoms with E-state index in [0.29, 0.717) is 36.2 Å². The molecule has 2 aromatic rings. The zero-order valence-corrected chi connectivity index (χ0v) is 14.2. The predicted molar refractivity (Wildman–Crippen MR) is 93.9 cm³/mol. The number of amides is 2. The average molecular weight is 343 g/mol. The number of hydrogen-bond donors (Lipinski definition) is 2. The number of benzene rings is 1. The number of nitrogens with one attached hydrogen (secondary N) is 2. The van der Waals surface area contributed by atoms with Gasteiger partial charge < -0.3 is 10.6 Å². The van der Waals surface area contributed by atoms with E-state index < -0.39 is 0 Å². The second-order valence-corrected chi connectivity index (χ2v) is 5.67. The van der Waals surface area contributed by atoms with E-state index in [4.69, 9.17) is 0 Å². The van der Waals surface area contributed by atoms with E-state index in [9.17, 15) is 14.0 Å². The zero-order valence-electron chi connectivity index (χ0n) is 14.2. The number of aromatic nitrogens is 1. The second kappa shape index (κ2) is 9.52. The average Bonchev–Trinajstić information content (AvgIpc) is 2.63. The lowest BCUT2D eigenvalue weighted by Gasteiger charge is -2.08. The summed E-state index contributed by atoms with van der Waals surface area (Å²) in [6.07, 6.45) is 5.11. The molecule has 25 heavy (non-hydrogen) atoms. The summed E-state index contributed by atoms with van der Waals surface area (Å²) in [5.74, 6) is -0.877. The van der Waals surface area contributed by atoms with Gasteiger partial charge in [-0.1, -0.05) is 31.5 Å². The van der Waals surface area contributed by atoms with Crippen molar-refractivity contribution in [1.29, 1.82) is 0 Å². The molecule has 0 atom stereocenters. The van der Waals surface area contributed by atoms with E-state index in [0.717, 1.165) is 12.8 Å². The molecule has 0 saturated heterocycles. The summed E-state index contributed by atoms with van der Waals surface area (Å²) in [7, 11) is 0. The maximum Gasteiger partial charge on any atom is 0.252 e. The Bertz CT molecular complexity index is 734. The summed E-state index contributed by atoms with van der Waals surface area (Å²) in [5.41, 5.74) is 1.19. The van der Waals surface area contributed by atoms with Gasteiger partial charge in [-0.25, -0.2) is 4.39 Å². The molecule has 5 nitrogen and oxygen atoms in total. The van der Waals surface area contributed by atoms with Gasteiger partial charge in [0.2, 0.25) is 0 Å². The van der Waals surface area contributed by atoms with Crippen LogP contribution in [-0.4, -0.2) is 29.9 Å². The molecule has 2 amide bonds. The molecule has 0 unspecified atom stereocenters. The number of pyridine rings is 1. The third-order valence-corrected chi connectivity index (χ3v) is 3.72. The van der Waals surface area contributed by atoms with Crippen LogP contribution in [-0.2, 0) is 6.42 Å². The van der Waals surface area contributed by atoms with Crippen LogP contribution >= 0.6 is 0 Å². The summed E-state index contributed by atoms with van der Waals surface area (Å²) in [6.45, 7) is 2.93. The quantitative estimate of drug-likeness (QED) is 0.724. The SMILES string of the molecule is CCCCNC(=O)c1cncc(C(=O)NCCc2ccccc2F)c1. The summed E-state index contributed by atoms with van der Waals surface area (Å²) in [4.78, 5) is 28.1. The van der Waals surface area contributed by atoms with Crippen LogP contribution in [0.1, 0.15) is 46.0 Å². The fraction of sp³-hybridized carbons (Fsp3) is 0.316. The Hall–Kier alpha value is -2.76. The molecular formula is C19H22FN3O2. The number of rotatable bonds is 8. The third-order valence-electron chi connectivity index (χ3n) is 3.72. The molecule has 0 bridgehead atoms. The number of carbonyl (C=O) groups is 2. The van der Waals surface area contributed by atoms with Crippen molar-refractivity contribution < 1.29 is 14.0 Å². The molecule has 1 aromatic carbocycles. The van der Waals surface area contributed by atoms with Gasteiger partial charge in [-0.05, 0) is 30.5 Å². The van der Waals surface area contributed by atoms with Crippen molar-refractivity contribution in [2.24, 2.45) is 0 Å². The van der Waals surface area contributed by atoms with Gasteiger partial charge in [-0.2, -0.15) is 0 Å². The van der Waals surface area contributed by atoms with E-state index in [-0.39, 0.29) is 17.6 Å². The van der Waals surface area contributed by atoms with Gasteiger partial charge in [0.25, 0.3) is 11.8 Å². The minimum atomic E-state index is -0.341. The van der Waals surface area contributed by atoms with Crippen LogP contribution < -0.4 is 10.6 Å². The van der Waals surface area contributed by atoms with E-state index in [1.165, 1.54) is 24.5 Å². The number of halogens is 1. The van der Waals surface area contributed by atoms with Crippen LogP contribution in [0, 0.1) is 5.82 Å². The van der Waals surface area contributed by atoms with Crippen LogP contribution in [0.3, 0.4) is 0 Å². The maximum absolute atomic E-state index is 13.5. The minimum Gasteiger partial charge on any atom is -0.352 e. The normalized spacial score (nSPS) is 10.3. The smallest absolute Gasteiger partial charge is 0.252 e. The molecule has 132 valence electrons. The first kappa shape index (κ1) is 18.6. The van der Waals surface area contributed by atoms with Crippen molar-refractivity contribution >= 4 is 11.8 Å². The Kier molecular flexibility index (Phi) is 7.07. The van der Waals surface area contributed by atoms with Crippen molar-refractivity contribution in [1.82, 2.24) is 15.6 Å². The largest absolute Gasteiger partial charge is 0.352 e. The molecule has 2 rings (SSSR count). The third kappa shape index (κ3) is 5.67. The lowest BCUT2D eigenvalue weighted by Crippen LogP contribution is -2.27. The fourth-order valence-electron chi connectivity index (χ4n) is 2.28. The Morgan fingerprint density at radius 1 is 1.04 bits per heavy atom. The highest BCUT2D eigenvalue weighted by molar-refractivity contribution is 5.99. The summed E-state index contributed by atoms with van der Waals surface area (Å²) >= 11 is 0. The first-order chi connectivity index (χ1) is 12.1. The summed E-state index contributed by atoms with van der Waals surface area (Å²) in [5, 5.41) is 5.50. The zero-order chi connectivity index (χ0) is 18.1. The van der Waals surface area contributed by atoms with Crippen LogP contribution in [0.15, 0.2) is 42.7 Å². The molecule has 0 radical (unpaired) electrons. The van der Waals surface area contributed by atoms with Gasteiger partial charge in [-0.3, -0.25) is 14.6 Å². The summed E-state index contributed by atoms with van der Waals surface area (Å²) in [6, 6.07) is 7.96. The number of nitrogens with zero attached hydrogens (tertiary/aromatic N) is 1. The molecule has 0 spiro atoms. The van der Waals surface area contributed by atoms with Gasteiger partial charge in [0.15, 0.2) is 0 Å².